The third-order valence-corrected chi connectivity index (χ3v) is 5.50. The molecule has 1 aromatic rings. The van der Waals surface area contributed by atoms with Crippen LogP contribution < -0.4 is 0 Å². The van der Waals surface area contributed by atoms with Crippen molar-refractivity contribution in [3.63, 3.8) is 0 Å². The molecule has 1 N–H and O–H groups in total. The van der Waals surface area contributed by atoms with Crippen molar-refractivity contribution in [2.24, 2.45) is 0 Å². The molecule has 0 spiro atoms. The van der Waals surface area contributed by atoms with E-state index in [1.807, 2.05) is 0 Å². The summed E-state index contributed by atoms with van der Waals surface area (Å²) in [6.07, 6.45) is 0. The molecule has 0 saturated carbocycles. The van der Waals surface area contributed by atoms with Crippen LogP contribution in [-0.4, -0.2) is 63.1 Å². The number of likely N-dealkylation sites (N-methyl/N-ethyl adjacent to an activating group) is 1. The lowest BCUT2D eigenvalue weighted by Gasteiger charge is -2.32. The van der Waals surface area contributed by atoms with Gasteiger partial charge in [0.25, 0.3) is 0 Å². The number of phenols is 1. The summed E-state index contributed by atoms with van der Waals surface area (Å²) in [5, 5.41) is 11.1. The Labute approximate surface area is 119 Å². The molecule has 0 aromatic heterocycles. The molecule has 0 bridgehead atoms. The van der Waals surface area contributed by atoms with Gasteiger partial charge in [-0.3, -0.25) is 4.90 Å². The molecule has 20 heavy (non-hydrogen) atoms. The maximum atomic E-state index is 12.1. The first kappa shape index (κ1) is 13.6. The minimum Gasteiger partial charge on any atom is -0.507 e. The van der Waals surface area contributed by atoms with E-state index in [2.05, 4.69) is 16.8 Å². The molecule has 1 saturated heterocycles. The zero-order chi connectivity index (χ0) is 14.3. The molecule has 0 unspecified atom stereocenters. The topological polar surface area (TPSA) is 60.9 Å². The highest BCUT2D eigenvalue weighted by molar-refractivity contribution is 7.95. The van der Waals surface area contributed by atoms with E-state index in [-0.39, 0.29) is 10.6 Å². The predicted octanol–water partition coefficient (Wildman–Crippen LogP) is 0.768. The van der Waals surface area contributed by atoms with Crippen molar-refractivity contribution in [3.8, 4) is 5.75 Å². The Morgan fingerprint density at radius 1 is 1.20 bits per heavy atom. The van der Waals surface area contributed by atoms with Gasteiger partial charge in [0.2, 0.25) is 9.84 Å². The van der Waals surface area contributed by atoms with E-state index in [9.17, 15) is 13.5 Å². The van der Waals surface area contributed by atoms with Gasteiger partial charge in [0.1, 0.15) is 10.6 Å². The summed E-state index contributed by atoms with van der Waals surface area (Å²) < 4.78 is 24.2. The van der Waals surface area contributed by atoms with Crippen LogP contribution in [-0.2, 0) is 9.84 Å². The first-order chi connectivity index (χ1) is 9.47. The van der Waals surface area contributed by atoms with Gasteiger partial charge in [0.15, 0.2) is 0 Å². The quantitative estimate of drug-likeness (QED) is 0.873. The fraction of sp³-hybridized carbons (Fsp3) is 0.429. The summed E-state index contributed by atoms with van der Waals surface area (Å²) in [4.78, 5) is 4.57. The zero-order valence-corrected chi connectivity index (χ0v) is 12.2. The second-order valence-electron chi connectivity index (χ2n) is 5.42. The predicted molar refractivity (Wildman–Crippen MR) is 77.2 cm³/mol. The van der Waals surface area contributed by atoms with Gasteiger partial charge in [0, 0.05) is 43.7 Å². The molecule has 0 amide bonds. The Kier molecular flexibility index (Phi) is 3.32. The van der Waals surface area contributed by atoms with E-state index in [0.29, 0.717) is 12.1 Å². The van der Waals surface area contributed by atoms with Crippen molar-refractivity contribution < 1.29 is 13.5 Å². The molecule has 3 rings (SSSR count). The number of nitrogens with zero attached hydrogens (tertiary/aromatic N) is 2. The molecular formula is C14H18N2O3S. The number of aromatic hydroxyl groups is 1. The highest BCUT2D eigenvalue weighted by Gasteiger charge is 2.31. The van der Waals surface area contributed by atoms with Gasteiger partial charge in [-0.1, -0.05) is 12.1 Å². The van der Waals surface area contributed by atoms with Crippen LogP contribution in [0.25, 0.3) is 5.57 Å². The minimum absolute atomic E-state index is 0.0594. The molecule has 2 aliphatic rings. The average molecular weight is 294 g/mol. The number of rotatable bonds is 2. The molecule has 2 aliphatic heterocycles. The third kappa shape index (κ3) is 2.34. The first-order valence-electron chi connectivity index (χ1n) is 6.66. The van der Waals surface area contributed by atoms with Gasteiger partial charge in [-0.05, 0) is 18.7 Å². The Balaban J connectivity index is 1.88. The zero-order valence-electron chi connectivity index (χ0n) is 11.4. The van der Waals surface area contributed by atoms with Gasteiger partial charge in [0.05, 0.1) is 0 Å². The third-order valence-electron chi connectivity index (χ3n) is 3.91. The fourth-order valence-electron chi connectivity index (χ4n) is 2.76. The summed E-state index contributed by atoms with van der Waals surface area (Å²) in [6, 6.07) is 4.87. The lowest BCUT2D eigenvalue weighted by molar-refractivity contribution is 0.168. The molecule has 0 atom stereocenters. The number of sulfone groups is 1. The molecule has 2 heterocycles. The maximum Gasteiger partial charge on any atom is 0.204 e. The smallest absolute Gasteiger partial charge is 0.204 e. The van der Waals surface area contributed by atoms with Crippen LogP contribution in [0.5, 0.6) is 5.75 Å². The second kappa shape index (κ2) is 4.87. The SMILES string of the molecule is CN1CCN(CC2=CS(=O)(=O)c3c(O)cccc32)CC1. The highest BCUT2D eigenvalue weighted by Crippen LogP contribution is 2.39. The standard InChI is InChI=1S/C14H18N2O3S/c1-15-5-7-16(8-6-15)9-11-10-20(18,19)14-12(11)3-2-4-13(14)17/h2-4,10,17H,5-9H2,1H3. The van der Waals surface area contributed by atoms with Crippen molar-refractivity contribution in [2.45, 2.75) is 4.90 Å². The fourth-order valence-corrected chi connectivity index (χ4v) is 4.31. The summed E-state index contributed by atoms with van der Waals surface area (Å²) in [5.74, 6) is -0.160. The summed E-state index contributed by atoms with van der Waals surface area (Å²) >= 11 is 0. The van der Waals surface area contributed by atoms with Crippen molar-refractivity contribution in [1.82, 2.24) is 9.80 Å². The van der Waals surface area contributed by atoms with E-state index in [1.165, 1.54) is 11.5 Å². The lowest BCUT2D eigenvalue weighted by atomic mass is 10.1. The maximum absolute atomic E-state index is 12.1. The molecule has 0 aliphatic carbocycles. The Hall–Kier alpha value is -1.37. The van der Waals surface area contributed by atoms with Crippen LogP contribution in [0.15, 0.2) is 28.5 Å². The van der Waals surface area contributed by atoms with Crippen LogP contribution in [0.1, 0.15) is 5.56 Å². The van der Waals surface area contributed by atoms with Gasteiger partial charge in [-0.25, -0.2) is 8.42 Å². The van der Waals surface area contributed by atoms with Crippen LogP contribution in [0, 0.1) is 0 Å². The number of benzene rings is 1. The van der Waals surface area contributed by atoms with E-state index < -0.39 is 9.84 Å². The van der Waals surface area contributed by atoms with Crippen molar-refractivity contribution in [3.05, 3.63) is 29.2 Å². The highest BCUT2D eigenvalue weighted by atomic mass is 32.2. The molecular weight excluding hydrogens is 276 g/mol. The van der Waals surface area contributed by atoms with Crippen LogP contribution >= 0.6 is 0 Å². The molecule has 0 radical (unpaired) electrons. The summed E-state index contributed by atoms with van der Waals surface area (Å²) in [5.41, 5.74) is 1.42. The number of phenolic OH excluding ortho intramolecular Hbond substituents is 1. The summed E-state index contributed by atoms with van der Waals surface area (Å²) in [6.45, 7) is 4.47. The van der Waals surface area contributed by atoms with Gasteiger partial charge in [-0.15, -0.1) is 0 Å². The number of hydrogen-bond donors (Lipinski definition) is 1. The Bertz CT molecular complexity index is 659. The normalized spacial score (nSPS) is 22.6. The van der Waals surface area contributed by atoms with E-state index >= 15 is 0 Å². The van der Waals surface area contributed by atoms with Gasteiger partial charge >= 0.3 is 0 Å². The average Bonchev–Trinajstić information content (AvgIpc) is 2.65. The van der Waals surface area contributed by atoms with Crippen LogP contribution in [0.2, 0.25) is 0 Å². The molecule has 1 aromatic carbocycles. The van der Waals surface area contributed by atoms with Crippen molar-refractivity contribution in [2.75, 3.05) is 39.8 Å². The van der Waals surface area contributed by atoms with Gasteiger partial charge in [-0.2, -0.15) is 0 Å². The van der Waals surface area contributed by atoms with Crippen molar-refractivity contribution >= 4 is 15.4 Å². The minimum atomic E-state index is -3.50. The van der Waals surface area contributed by atoms with Crippen molar-refractivity contribution in [1.29, 1.82) is 0 Å². The monoisotopic (exact) mass is 294 g/mol. The summed E-state index contributed by atoms with van der Waals surface area (Å²) in [7, 11) is -1.41. The first-order valence-corrected chi connectivity index (χ1v) is 8.21. The Morgan fingerprint density at radius 3 is 2.60 bits per heavy atom. The van der Waals surface area contributed by atoms with Crippen LogP contribution in [0.3, 0.4) is 0 Å². The lowest BCUT2D eigenvalue weighted by Crippen LogP contribution is -2.44. The Morgan fingerprint density at radius 2 is 1.90 bits per heavy atom. The number of hydrogen-bond acceptors (Lipinski definition) is 5. The van der Waals surface area contributed by atoms with E-state index in [1.54, 1.807) is 12.1 Å². The van der Waals surface area contributed by atoms with Crippen LogP contribution in [0.4, 0.5) is 0 Å². The molecule has 5 nitrogen and oxygen atoms in total. The largest absolute Gasteiger partial charge is 0.507 e. The molecule has 108 valence electrons. The number of fused-ring (bicyclic) bond motifs is 1. The van der Waals surface area contributed by atoms with E-state index in [0.717, 1.165) is 31.8 Å². The molecule has 1 fully saturated rings. The van der Waals surface area contributed by atoms with E-state index in [4.69, 9.17) is 0 Å². The van der Waals surface area contributed by atoms with Gasteiger partial charge < -0.3 is 10.0 Å². The second-order valence-corrected chi connectivity index (χ2v) is 7.16. The number of piperazine rings is 1. The molecule has 6 heteroatoms.